The minimum atomic E-state index is -0.700. The van der Waals surface area contributed by atoms with E-state index in [0.717, 1.165) is 22.3 Å². The van der Waals surface area contributed by atoms with Crippen LogP contribution in [0.1, 0.15) is 34.3 Å². The molecule has 0 aliphatic carbocycles. The number of hydrogen-bond donors (Lipinski definition) is 2. The lowest BCUT2D eigenvalue weighted by atomic mass is 9.86. The Morgan fingerprint density at radius 1 is 1.10 bits per heavy atom. The first-order valence-corrected chi connectivity index (χ1v) is 7.60. The van der Waals surface area contributed by atoms with Gasteiger partial charge in [-0.3, -0.25) is 0 Å². The van der Waals surface area contributed by atoms with E-state index in [0.29, 0.717) is 16.6 Å². The Hall–Kier alpha value is -1.06. The van der Waals surface area contributed by atoms with E-state index in [1.807, 2.05) is 38.1 Å². The molecule has 2 rings (SSSR count). The Balaban J connectivity index is 2.43. The Bertz CT molecular complexity index is 643. The van der Waals surface area contributed by atoms with Crippen LogP contribution in [0.25, 0.3) is 0 Å². The summed E-state index contributed by atoms with van der Waals surface area (Å²) in [6.07, 6.45) is -0.700. The van der Waals surface area contributed by atoms with Crippen molar-refractivity contribution >= 4 is 23.2 Å². The monoisotopic (exact) mass is 323 g/mol. The molecule has 0 heterocycles. The summed E-state index contributed by atoms with van der Waals surface area (Å²) in [5, 5.41) is 11.9. The zero-order valence-corrected chi connectivity index (χ0v) is 13.6. The van der Waals surface area contributed by atoms with Crippen LogP contribution in [0.4, 0.5) is 0 Å². The van der Waals surface area contributed by atoms with Gasteiger partial charge < -0.3 is 10.8 Å². The van der Waals surface area contributed by atoms with E-state index in [1.54, 1.807) is 12.1 Å². The summed E-state index contributed by atoms with van der Waals surface area (Å²) in [5.41, 5.74) is 9.81. The summed E-state index contributed by atoms with van der Waals surface area (Å²) < 4.78 is 0. The van der Waals surface area contributed by atoms with Crippen LogP contribution in [0.15, 0.2) is 36.4 Å². The molecule has 2 aromatic carbocycles. The lowest BCUT2D eigenvalue weighted by molar-refractivity contribution is 0.146. The molecule has 2 aromatic rings. The van der Waals surface area contributed by atoms with Crippen LogP contribution < -0.4 is 5.73 Å². The average molecular weight is 324 g/mol. The van der Waals surface area contributed by atoms with Gasteiger partial charge in [0.25, 0.3) is 0 Å². The number of aliphatic hydroxyl groups is 1. The van der Waals surface area contributed by atoms with Crippen LogP contribution >= 0.6 is 23.2 Å². The minimum absolute atomic E-state index is 0.268. The maximum Gasteiger partial charge on any atom is 0.0873 e. The summed E-state index contributed by atoms with van der Waals surface area (Å²) >= 11 is 12.2. The highest BCUT2D eigenvalue weighted by Crippen LogP contribution is 2.36. The van der Waals surface area contributed by atoms with Crippen LogP contribution in [0.5, 0.6) is 0 Å². The van der Waals surface area contributed by atoms with Crippen LogP contribution in [0.3, 0.4) is 0 Å². The van der Waals surface area contributed by atoms with E-state index >= 15 is 0 Å². The van der Waals surface area contributed by atoms with E-state index in [1.165, 1.54) is 0 Å². The van der Waals surface area contributed by atoms with Crippen molar-refractivity contribution in [3.05, 3.63) is 68.7 Å². The van der Waals surface area contributed by atoms with E-state index in [-0.39, 0.29) is 5.92 Å². The fourth-order valence-electron chi connectivity index (χ4n) is 2.54. The third-order valence-corrected chi connectivity index (χ3v) is 4.52. The first-order valence-electron chi connectivity index (χ1n) is 6.85. The van der Waals surface area contributed by atoms with Gasteiger partial charge in [-0.25, -0.2) is 0 Å². The second-order valence-electron chi connectivity index (χ2n) is 5.24. The summed E-state index contributed by atoms with van der Waals surface area (Å²) in [5.74, 6) is -0.268. The second-order valence-corrected chi connectivity index (χ2v) is 6.09. The molecule has 0 aliphatic heterocycles. The molecule has 0 radical (unpaired) electrons. The van der Waals surface area contributed by atoms with Crippen molar-refractivity contribution in [3.8, 4) is 0 Å². The molecule has 0 spiro atoms. The Morgan fingerprint density at radius 3 is 2.43 bits per heavy atom. The number of rotatable bonds is 4. The molecule has 2 nitrogen and oxygen atoms in total. The number of aliphatic hydroxyl groups excluding tert-OH is 1. The highest BCUT2D eigenvalue weighted by Gasteiger charge is 2.25. The molecule has 0 aromatic heterocycles. The van der Waals surface area contributed by atoms with Gasteiger partial charge in [-0.2, -0.15) is 0 Å². The topological polar surface area (TPSA) is 46.2 Å². The first kappa shape index (κ1) is 16.3. The van der Waals surface area contributed by atoms with Gasteiger partial charge in [0.05, 0.1) is 6.10 Å². The largest absolute Gasteiger partial charge is 0.388 e. The highest BCUT2D eigenvalue weighted by atomic mass is 35.5. The van der Waals surface area contributed by atoms with Gasteiger partial charge in [0, 0.05) is 22.5 Å². The number of nitrogens with two attached hydrogens (primary N) is 1. The molecule has 0 aliphatic rings. The van der Waals surface area contributed by atoms with Crippen LogP contribution in [-0.4, -0.2) is 11.7 Å². The fourth-order valence-corrected chi connectivity index (χ4v) is 3.09. The molecule has 2 unspecified atom stereocenters. The van der Waals surface area contributed by atoms with Gasteiger partial charge in [0.1, 0.15) is 0 Å². The number of hydrogen-bond acceptors (Lipinski definition) is 2. The Kier molecular flexibility index (Phi) is 5.28. The lowest BCUT2D eigenvalue weighted by Gasteiger charge is -2.25. The molecule has 21 heavy (non-hydrogen) atoms. The van der Waals surface area contributed by atoms with E-state index < -0.39 is 6.10 Å². The predicted molar refractivity (Wildman–Crippen MR) is 89.1 cm³/mol. The molecule has 112 valence electrons. The molecule has 3 N–H and O–H groups in total. The van der Waals surface area contributed by atoms with Crippen molar-refractivity contribution in [2.75, 3.05) is 6.54 Å². The third-order valence-electron chi connectivity index (χ3n) is 3.96. The van der Waals surface area contributed by atoms with E-state index in [9.17, 15) is 5.11 Å². The molecular weight excluding hydrogens is 305 g/mol. The van der Waals surface area contributed by atoms with Gasteiger partial charge in [0.15, 0.2) is 0 Å². The van der Waals surface area contributed by atoms with Crippen molar-refractivity contribution < 1.29 is 5.11 Å². The SMILES string of the molecule is Cc1cccc(C(O)C(CN)c2ccc(Cl)cc2Cl)c1C. The molecule has 0 amide bonds. The van der Waals surface area contributed by atoms with Crippen LogP contribution in [0, 0.1) is 13.8 Å². The normalized spacial score (nSPS) is 14.0. The summed E-state index contributed by atoms with van der Waals surface area (Å²) in [7, 11) is 0. The number of benzene rings is 2. The summed E-state index contributed by atoms with van der Waals surface area (Å²) in [4.78, 5) is 0. The average Bonchev–Trinajstić information content (AvgIpc) is 2.44. The fraction of sp³-hybridized carbons (Fsp3) is 0.294. The van der Waals surface area contributed by atoms with Crippen LogP contribution in [-0.2, 0) is 0 Å². The summed E-state index contributed by atoms with van der Waals surface area (Å²) in [6.45, 7) is 4.33. The van der Waals surface area contributed by atoms with Crippen molar-refractivity contribution in [2.45, 2.75) is 25.9 Å². The zero-order chi connectivity index (χ0) is 15.6. The van der Waals surface area contributed by atoms with Gasteiger partial charge >= 0.3 is 0 Å². The molecule has 0 saturated heterocycles. The summed E-state index contributed by atoms with van der Waals surface area (Å²) in [6, 6.07) is 11.2. The van der Waals surface area contributed by atoms with E-state index in [4.69, 9.17) is 28.9 Å². The first-order chi connectivity index (χ1) is 9.95. The molecule has 0 fully saturated rings. The van der Waals surface area contributed by atoms with Crippen molar-refractivity contribution in [3.63, 3.8) is 0 Å². The maximum absolute atomic E-state index is 10.8. The van der Waals surface area contributed by atoms with Gasteiger partial charge in [-0.05, 0) is 48.2 Å². The standard InChI is InChI=1S/C17H19Cl2NO/c1-10-4-3-5-13(11(10)2)17(21)15(9-20)14-7-6-12(18)8-16(14)19/h3-8,15,17,21H,9,20H2,1-2H3. The smallest absolute Gasteiger partial charge is 0.0873 e. The van der Waals surface area contributed by atoms with Crippen molar-refractivity contribution in [1.29, 1.82) is 0 Å². The molecule has 4 heteroatoms. The van der Waals surface area contributed by atoms with Gasteiger partial charge in [-0.1, -0.05) is 47.5 Å². The maximum atomic E-state index is 10.8. The zero-order valence-electron chi connectivity index (χ0n) is 12.1. The van der Waals surface area contributed by atoms with E-state index in [2.05, 4.69) is 0 Å². The molecular formula is C17H19Cl2NO. The molecule has 0 bridgehead atoms. The van der Waals surface area contributed by atoms with Crippen LogP contribution in [0.2, 0.25) is 10.0 Å². The quantitative estimate of drug-likeness (QED) is 0.876. The minimum Gasteiger partial charge on any atom is -0.388 e. The third kappa shape index (κ3) is 3.41. The van der Waals surface area contributed by atoms with Gasteiger partial charge in [-0.15, -0.1) is 0 Å². The second kappa shape index (κ2) is 6.80. The Labute approximate surface area is 135 Å². The number of aryl methyl sites for hydroxylation is 1. The highest BCUT2D eigenvalue weighted by molar-refractivity contribution is 6.35. The Morgan fingerprint density at radius 2 is 1.81 bits per heavy atom. The van der Waals surface area contributed by atoms with Crippen molar-refractivity contribution in [2.24, 2.45) is 5.73 Å². The molecule has 2 atom stereocenters. The lowest BCUT2D eigenvalue weighted by Crippen LogP contribution is -2.21. The van der Waals surface area contributed by atoms with Gasteiger partial charge in [0.2, 0.25) is 0 Å². The molecule has 0 saturated carbocycles. The van der Waals surface area contributed by atoms with Crippen molar-refractivity contribution in [1.82, 2.24) is 0 Å². The predicted octanol–water partition coefficient (Wildman–Crippen LogP) is 4.39. The number of halogens is 2.